The lowest BCUT2D eigenvalue weighted by Crippen LogP contribution is -2.19. The summed E-state index contributed by atoms with van der Waals surface area (Å²) >= 11 is 1.15. The summed E-state index contributed by atoms with van der Waals surface area (Å²) in [5, 5.41) is 19.2. The first kappa shape index (κ1) is 19.4. The van der Waals surface area contributed by atoms with Crippen molar-refractivity contribution in [1.29, 1.82) is 0 Å². The van der Waals surface area contributed by atoms with Crippen molar-refractivity contribution in [3.63, 3.8) is 0 Å². The van der Waals surface area contributed by atoms with E-state index in [0.717, 1.165) is 11.3 Å². The summed E-state index contributed by atoms with van der Waals surface area (Å²) in [5.74, 6) is -0.464. The Bertz CT molecular complexity index is 1110. The van der Waals surface area contributed by atoms with E-state index in [-0.39, 0.29) is 28.0 Å². The summed E-state index contributed by atoms with van der Waals surface area (Å²) in [4.78, 5) is 26.2. The van der Waals surface area contributed by atoms with Crippen LogP contribution in [-0.2, 0) is 21.4 Å². The van der Waals surface area contributed by atoms with Gasteiger partial charge in [-0.25, -0.2) is 13.4 Å². The SMILES string of the molecule is Cc1nn(CC(=O)Nc2ccc(S(=O)(=O)Nc3nccs3)cc2)cc1[N+](=O)[O-]. The van der Waals surface area contributed by atoms with E-state index in [2.05, 4.69) is 20.1 Å². The van der Waals surface area contributed by atoms with Crippen LogP contribution in [0.3, 0.4) is 0 Å². The largest absolute Gasteiger partial charge is 0.324 e. The molecule has 0 aliphatic heterocycles. The van der Waals surface area contributed by atoms with Crippen molar-refractivity contribution in [1.82, 2.24) is 14.8 Å². The molecule has 2 aromatic heterocycles. The van der Waals surface area contributed by atoms with E-state index < -0.39 is 20.9 Å². The molecule has 3 rings (SSSR count). The Labute approximate surface area is 163 Å². The quantitative estimate of drug-likeness (QED) is 0.437. The lowest BCUT2D eigenvalue weighted by Gasteiger charge is -2.08. The Morgan fingerprint density at radius 3 is 2.61 bits per heavy atom. The molecule has 0 spiro atoms. The average Bonchev–Trinajstić information content (AvgIpc) is 3.24. The van der Waals surface area contributed by atoms with Crippen molar-refractivity contribution in [2.45, 2.75) is 18.4 Å². The minimum atomic E-state index is -3.78. The van der Waals surface area contributed by atoms with Gasteiger partial charge in [0.25, 0.3) is 10.0 Å². The summed E-state index contributed by atoms with van der Waals surface area (Å²) in [6, 6.07) is 5.55. The Morgan fingerprint density at radius 1 is 1.32 bits per heavy atom. The molecule has 0 saturated heterocycles. The van der Waals surface area contributed by atoms with Crippen LogP contribution in [0.4, 0.5) is 16.5 Å². The van der Waals surface area contributed by atoms with Crippen LogP contribution in [0, 0.1) is 17.0 Å². The zero-order valence-corrected chi connectivity index (χ0v) is 16.0. The van der Waals surface area contributed by atoms with E-state index in [0.29, 0.717) is 5.69 Å². The maximum Gasteiger partial charge on any atom is 0.309 e. The van der Waals surface area contributed by atoms with Gasteiger partial charge in [0.05, 0.1) is 9.82 Å². The van der Waals surface area contributed by atoms with Crippen molar-refractivity contribution < 1.29 is 18.1 Å². The van der Waals surface area contributed by atoms with Crippen LogP contribution >= 0.6 is 11.3 Å². The van der Waals surface area contributed by atoms with Crippen LogP contribution in [0.1, 0.15) is 5.69 Å². The molecule has 0 aliphatic carbocycles. The van der Waals surface area contributed by atoms with Gasteiger partial charge in [-0.05, 0) is 31.2 Å². The Balaban J connectivity index is 1.64. The maximum atomic E-state index is 12.3. The van der Waals surface area contributed by atoms with E-state index in [1.807, 2.05) is 0 Å². The molecule has 1 aromatic carbocycles. The first-order valence-electron chi connectivity index (χ1n) is 7.75. The third-order valence-electron chi connectivity index (χ3n) is 3.53. The number of sulfonamides is 1. The normalized spacial score (nSPS) is 11.2. The molecular formula is C15H14N6O5S2. The van der Waals surface area contributed by atoms with Gasteiger partial charge in [-0.2, -0.15) is 5.10 Å². The topological polar surface area (TPSA) is 149 Å². The van der Waals surface area contributed by atoms with Gasteiger partial charge in [0.1, 0.15) is 18.4 Å². The highest BCUT2D eigenvalue weighted by Crippen LogP contribution is 2.20. The second-order valence-electron chi connectivity index (χ2n) is 5.57. The number of benzene rings is 1. The zero-order valence-electron chi connectivity index (χ0n) is 14.4. The van der Waals surface area contributed by atoms with Gasteiger partial charge in [-0.1, -0.05) is 0 Å². The molecule has 0 unspecified atom stereocenters. The molecule has 11 nitrogen and oxygen atoms in total. The highest BCUT2D eigenvalue weighted by atomic mass is 32.2. The highest BCUT2D eigenvalue weighted by Gasteiger charge is 2.18. The zero-order chi connectivity index (χ0) is 20.3. The lowest BCUT2D eigenvalue weighted by atomic mass is 10.3. The van der Waals surface area contributed by atoms with Gasteiger partial charge >= 0.3 is 5.69 Å². The van der Waals surface area contributed by atoms with Crippen molar-refractivity contribution in [3.05, 3.63) is 57.8 Å². The number of aromatic nitrogens is 3. The second kappa shape index (κ2) is 7.74. The first-order valence-corrected chi connectivity index (χ1v) is 10.1. The first-order chi connectivity index (χ1) is 13.2. The number of nitrogens with zero attached hydrogens (tertiary/aromatic N) is 4. The number of rotatable bonds is 7. The maximum absolute atomic E-state index is 12.3. The molecule has 0 radical (unpaired) electrons. The molecular weight excluding hydrogens is 408 g/mol. The van der Waals surface area contributed by atoms with Crippen molar-refractivity contribution in [2.24, 2.45) is 0 Å². The van der Waals surface area contributed by atoms with Crippen molar-refractivity contribution in [2.75, 3.05) is 10.0 Å². The smallest absolute Gasteiger partial charge is 0.309 e. The minimum Gasteiger partial charge on any atom is -0.324 e. The number of hydrogen-bond donors (Lipinski definition) is 2. The van der Waals surface area contributed by atoms with E-state index in [9.17, 15) is 23.3 Å². The number of aryl methyl sites for hydroxylation is 1. The second-order valence-corrected chi connectivity index (χ2v) is 8.15. The fraction of sp³-hybridized carbons (Fsp3) is 0.133. The molecule has 1 amide bonds. The standard InChI is InChI=1S/C15H14N6O5S2/c1-10-13(21(23)24)8-20(18-10)9-14(22)17-11-2-4-12(5-3-11)28(25,26)19-15-16-6-7-27-15/h2-8H,9H2,1H3,(H,16,19)(H,17,22). The molecule has 2 heterocycles. The predicted octanol–water partition coefficient (Wildman–Crippen LogP) is 2.00. The number of nitrogens with one attached hydrogen (secondary N) is 2. The van der Waals surface area contributed by atoms with Crippen LogP contribution in [-0.4, -0.2) is 34.0 Å². The Hall–Kier alpha value is -3.32. The number of thiazole rings is 1. The Morgan fingerprint density at radius 2 is 2.04 bits per heavy atom. The summed E-state index contributed by atoms with van der Waals surface area (Å²) in [7, 11) is -3.78. The van der Waals surface area contributed by atoms with Gasteiger partial charge in [0.15, 0.2) is 5.13 Å². The molecule has 2 N–H and O–H groups in total. The summed E-state index contributed by atoms with van der Waals surface area (Å²) in [6.45, 7) is 1.26. The number of anilines is 2. The van der Waals surface area contributed by atoms with E-state index in [1.54, 1.807) is 5.38 Å². The summed E-state index contributed by atoms with van der Waals surface area (Å²) in [6.07, 6.45) is 2.66. The number of hydrogen-bond acceptors (Lipinski definition) is 8. The van der Waals surface area contributed by atoms with Gasteiger partial charge in [-0.15, -0.1) is 11.3 Å². The third-order valence-corrected chi connectivity index (χ3v) is 5.70. The third kappa shape index (κ3) is 4.50. The van der Waals surface area contributed by atoms with Gasteiger partial charge < -0.3 is 5.32 Å². The van der Waals surface area contributed by atoms with Crippen molar-refractivity contribution in [3.8, 4) is 0 Å². The summed E-state index contributed by atoms with van der Waals surface area (Å²) < 4.78 is 28.0. The van der Waals surface area contributed by atoms with Crippen molar-refractivity contribution >= 4 is 43.8 Å². The highest BCUT2D eigenvalue weighted by molar-refractivity contribution is 7.93. The average molecular weight is 422 g/mol. The fourth-order valence-electron chi connectivity index (χ4n) is 2.28. The van der Waals surface area contributed by atoms with Gasteiger partial charge in [0, 0.05) is 17.3 Å². The molecule has 3 aromatic rings. The number of nitro groups is 1. The Kier molecular flexibility index (Phi) is 5.37. The van der Waals surface area contributed by atoms with Crippen LogP contribution < -0.4 is 10.0 Å². The van der Waals surface area contributed by atoms with Gasteiger partial charge in [0.2, 0.25) is 5.91 Å². The lowest BCUT2D eigenvalue weighted by molar-refractivity contribution is -0.385. The number of carbonyl (C=O) groups excluding carboxylic acids is 1. The molecule has 0 atom stereocenters. The van der Waals surface area contributed by atoms with Crippen LogP contribution in [0.15, 0.2) is 46.9 Å². The number of carbonyl (C=O) groups is 1. The van der Waals surface area contributed by atoms with Gasteiger partial charge in [-0.3, -0.25) is 24.3 Å². The monoisotopic (exact) mass is 422 g/mol. The fourth-order valence-corrected chi connectivity index (χ4v) is 4.07. The number of amides is 1. The van der Waals surface area contributed by atoms with E-state index in [4.69, 9.17) is 0 Å². The van der Waals surface area contributed by atoms with Crippen LogP contribution in [0.5, 0.6) is 0 Å². The molecule has 13 heteroatoms. The minimum absolute atomic E-state index is 0.0130. The molecule has 0 aliphatic rings. The molecule has 0 saturated carbocycles. The molecule has 146 valence electrons. The van der Waals surface area contributed by atoms with Crippen LogP contribution in [0.2, 0.25) is 0 Å². The summed E-state index contributed by atoms with van der Waals surface area (Å²) in [5.41, 5.74) is 0.409. The van der Waals surface area contributed by atoms with E-state index >= 15 is 0 Å². The molecule has 0 fully saturated rings. The van der Waals surface area contributed by atoms with E-state index in [1.165, 1.54) is 48.3 Å². The van der Waals surface area contributed by atoms with Crippen LogP contribution in [0.25, 0.3) is 0 Å². The predicted molar refractivity (Wildman–Crippen MR) is 102 cm³/mol. The molecule has 28 heavy (non-hydrogen) atoms. The molecule has 0 bridgehead atoms.